The van der Waals surface area contributed by atoms with E-state index in [0.29, 0.717) is 6.04 Å². The minimum absolute atomic E-state index is 0.557. The van der Waals surface area contributed by atoms with Crippen LogP contribution in [0.15, 0.2) is 22.8 Å². The summed E-state index contributed by atoms with van der Waals surface area (Å²) in [4.78, 5) is 0. The van der Waals surface area contributed by atoms with Gasteiger partial charge in [-0.2, -0.15) is 0 Å². The van der Waals surface area contributed by atoms with E-state index in [1.54, 1.807) is 6.26 Å². The Labute approximate surface area is 99.4 Å². The molecule has 0 aliphatic carbocycles. The lowest BCUT2D eigenvalue weighted by atomic mass is 9.91. The van der Waals surface area contributed by atoms with Gasteiger partial charge in [0.2, 0.25) is 0 Å². The van der Waals surface area contributed by atoms with E-state index >= 15 is 0 Å². The highest BCUT2D eigenvalue weighted by atomic mass is 16.3. The Bertz CT molecular complexity index is 252. The Kier molecular flexibility index (Phi) is 6.24. The molecule has 92 valence electrons. The molecular formula is C14H25NO. The lowest BCUT2D eigenvalue weighted by Gasteiger charge is -2.25. The number of hydrogen-bond donors (Lipinski definition) is 1. The second-order valence-electron chi connectivity index (χ2n) is 4.42. The molecule has 1 heterocycles. The van der Waals surface area contributed by atoms with Crippen LogP contribution < -0.4 is 5.32 Å². The molecule has 0 fully saturated rings. The summed E-state index contributed by atoms with van der Waals surface area (Å²) in [5, 5.41) is 3.65. The molecule has 1 aromatic rings. The van der Waals surface area contributed by atoms with E-state index in [1.807, 2.05) is 6.07 Å². The molecule has 0 amide bonds. The van der Waals surface area contributed by atoms with E-state index in [1.165, 1.54) is 19.3 Å². The first-order valence-corrected chi connectivity index (χ1v) is 6.57. The van der Waals surface area contributed by atoms with Crippen molar-refractivity contribution in [2.24, 2.45) is 5.92 Å². The minimum Gasteiger partial charge on any atom is -0.469 e. The summed E-state index contributed by atoms with van der Waals surface area (Å²) >= 11 is 0. The Morgan fingerprint density at radius 2 is 2.00 bits per heavy atom. The van der Waals surface area contributed by atoms with Gasteiger partial charge in [-0.25, -0.2) is 0 Å². The van der Waals surface area contributed by atoms with Crippen LogP contribution >= 0.6 is 0 Å². The molecule has 0 aliphatic rings. The van der Waals surface area contributed by atoms with Crippen molar-refractivity contribution < 1.29 is 4.42 Å². The summed E-state index contributed by atoms with van der Waals surface area (Å²) in [7, 11) is 0. The van der Waals surface area contributed by atoms with E-state index in [4.69, 9.17) is 4.42 Å². The quantitative estimate of drug-likeness (QED) is 0.728. The van der Waals surface area contributed by atoms with Crippen LogP contribution in [-0.4, -0.2) is 12.6 Å². The van der Waals surface area contributed by atoms with Crippen molar-refractivity contribution in [3.8, 4) is 0 Å². The average Bonchev–Trinajstić information content (AvgIpc) is 2.80. The predicted molar refractivity (Wildman–Crippen MR) is 68.6 cm³/mol. The van der Waals surface area contributed by atoms with Gasteiger partial charge in [0, 0.05) is 12.5 Å². The fourth-order valence-electron chi connectivity index (χ4n) is 2.24. The Morgan fingerprint density at radius 1 is 1.25 bits per heavy atom. The van der Waals surface area contributed by atoms with Gasteiger partial charge < -0.3 is 9.73 Å². The molecule has 2 heteroatoms. The predicted octanol–water partition coefficient (Wildman–Crippen LogP) is 3.63. The number of rotatable bonds is 8. The van der Waals surface area contributed by atoms with Crippen molar-refractivity contribution in [1.29, 1.82) is 0 Å². The van der Waals surface area contributed by atoms with E-state index < -0.39 is 0 Å². The zero-order chi connectivity index (χ0) is 11.8. The second kappa shape index (κ2) is 7.50. The van der Waals surface area contributed by atoms with Gasteiger partial charge in [0.25, 0.3) is 0 Å². The van der Waals surface area contributed by atoms with Gasteiger partial charge >= 0.3 is 0 Å². The van der Waals surface area contributed by atoms with Crippen LogP contribution in [0.5, 0.6) is 0 Å². The molecule has 1 unspecified atom stereocenters. The first-order chi connectivity index (χ1) is 7.81. The Morgan fingerprint density at radius 3 is 2.50 bits per heavy atom. The normalized spacial score (nSPS) is 13.2. The second-order valence-corrected chi connectivity index (χ2v) is 4.42. The van der Waals surface area contributed by atoms with Gasteiger partial charge in [0.15, 0.2) is 0 Å². The van der Waals surface area contributed by atoms with Crippen LogP contribution in [0, 0.1) is 5.92 Å². The highest BCUT2D eigenvalue weighted by Gasteiger charge is 2.18. The van der Waals surface area contributed by atoms with Crippen molar-refractivity contribution in [3.05, 3.63) is 24.2 Å². The summed E-state index contributed by atoms with van der Waals surface area (Å²) in [5.74, 6) is 1.84. The van der Waals surface area contributed by atoms with Gasteiger partial charge in [0.1, 0.15) is 5.76 Å². The highest BCUT2D eigenvalue weighted by Crippen LogP contribution is 2.17. The van der Waals surface area contributed by atoms with Crippen LogP contribution in [0.2, 0.25) is 0 Å². The standard InChI is InChI=1S/C14H25NO/c1-4-9-15-14(12(5-2)6-3)11-13-8-7-10-16-13/h7-8,10,12,14-15H,4-6,9,11H2,1-3H3. The number of hydrogen-bond acceptors (Lipinski definition) is 2. The van der Waals surface area contributed by atoms with Gasteiger partial charge in [-0.3, -0.25) is 0 Å². The van der Waals surface area contributed by atoms with Crippen molar-refractivity contribution in [2.75, 3.05) is 6.54 Å². The maximum Gasteiger partial charge on any atom is 0.105 e. The molecule has 1 N–H and O–H groups in total. The molecule has 0 bridgehead atoms. The zero-order valence-electron chi connectivity index (χ0n) is 10.8. The van der Waals surface area contributed by atoms with Gasteiger partial charge in [-0.1, -0.05) is 33.6 Å². The van der Waals surface area contributed by atoms with Crippen LogP contribution in [0.1, 0.15) is 45.8 Å². The summed E-state index contributed by atoms with van der Waals surface area (Å²) in [6.07, 6.45) is 6.43. The maximum atomic E-state index is 5.44. The fraction of sp³-hybridized carbons (Fsp3) is 0.714. The largest absolute Gasteiger partial charge is 0.469 e. The molecule has 1 rings (SSSR count). The SMILES string of the molecule is CCCNC(Cc1ccco1)C(CC)CC. The van der Waals surface area contributed by atoms with E-state index in [2.05, 4.69) is 32.2 Å². The first-order valence-electron chi connectivity index (χ1n) is 6.57. The van der Waals surface area contributed by atoms with Crippen molar-refractivity contribution in [1.82, 2.24) is 5.32 Å². The van der Waals surface area contributed by atoms with E-state index in [-0.39, 0.29) is 0 Å². The van der Waals surface area contributed by atoms with E-state index in [0.717, 1.165) is 24.6 Å². The summed E-state index contributed by atoms with van der Waals surface area (Å²) < 4.78 is 5.44. The minimum atomic E-state index is 0.557. The third kappa shape index (κ3) is 4.01. The third-order valence-electron chi connectivity index (χ3n) is 3.28. The average molecular weight is 223 g/mol. The molecule has 16 heavy (non-hydrogen) atoms. The molecule has 0 radical (unpaired) electrons. The van der Waals surface area contributed by atoms with Crippen LogP contribution in [0.4, 0.5) is 0 Å². The molecule has 2 nitrogen and oxygen atoms in total. The lowest BCUT2D eigenvalue weighted by molar-refractivity contribution is 0.315. The van der Waals surface area contributed by atoms with Crippen molar-refractivity contribution in [2.45, 2.75) is 52.5 Å². The van der Waals surface area contributed by atoms with Gasteiger partial charge in [-0.05, 0) is 31.0 Å². The Hall–Kier alpha value is -0.760. The topological polar surface area (TPSA) is 25.2 Å². The highest BCUT2D eigenvalue weighted by molar-refractivity contribution is 5.01. The van der Waals surface area contributed by atoms with Crippen LogP contribution in [0.25, 0.3) is 0 Å². The van der Waals surface area contributed by atoms with Crippen molar-refractivity contribution in [3.63, 3.8) is 0 Å². The molecular weight excluding hydrogens is 198 g/mol. The number of nitrogens with one attached hydrogen (secondary N) is 1. The Balaban J connectivity index is 2.55. The lowest BCUT2D eigenvalue weighted by Crippen LogP contribution is -2.38. The fourth-order valence-corrected chi connectivity index (χ4v) is 2.24. The smallest absolute Gasteiger partial charge is 0.105 e. The van der Waals surface area contributed by atoms with Crippen LogP contribution in [0.3, 0.4) is 0 Å². The van der Waals surface area contributed by atoms with Gasteiger partial charge in [0.05, 0.1) is 6.26 Å². The number of furan rings is 1. The van der Waals surface area contributed by atoms with E-state index in [9.17, 15) is 0 Å². The molecule has 0 saturated carbocycles. The van der Waals surface area contributed by atoms with Crippen LogP contribution in [-0.2, 0) is 6.42 Å². The molecule has 1 atom stereocenters. The molecule has 0 spiro atoms. The summed E-state index contributed by atoms with van der Waals surface area (Å²) in [5.41, 5.74) is 0. The summed E-state index contributed by atoms with van der Waals surface area (Å²) in [6.45, 7) is 7.86. The monoisotopic (exact) mass is 223 g/mol. The van der Waals surface area contributed by atoms with Gasteiger partial charge in [-0.15, -0.1) is 0 Å². The van der Waals surface area contributed by atoms with Crippen molar-refractivity contribution >= 4 is 0 Å². The summed E-state index contributed by atoms with van der Waals surface area (Å²) in [6, 6.07) is 4.60. The molecule has 1 aromatic heterocycles. The molecule has 0 aliphatic heterocycles. The maximum absolute atomic E-state index is 5.44. The zero-order valence-corrected chi connectivity index (χ0v) is 10.8. The first kappa shape index (κ1) is 13.3. The third-order valence-corrected chi connectivity index (χ3v) is 3.28. The molecule has 0 aromatic carbocycles. The molecule has 0 saturated heterocycles.